The Kier molecular flexibility index (Phi) is 2.90. The molecule has 2 rings (SSSR count). The van der Waals surface area contributed by atoms with Gasteiger partial charge in [-0.1, -0.05) is 0 Å². The number of piperazine rings is 1. The molecule has 1 aromatic heterocycles. The average molecular weight is 193 g/mol. The highest BCUT2D eigenvalue weighted by Crippen LogP contribution is 2.08. The molecule has 0 bridgehead atoms. The molecule has 14 heavy (non-hydrogen) atoms. The number of nitrogens with two attached hydrogens (primary N) is 1. The van der Waals surface area contributed by atoms with Crippen LogP contribution in [0.4, 0.5) is 5.69 Å². The molecule has 1 aromatic rings. The number of hydrogen-bond donors (Lipinski definition) is 2. The van der Waals surface area contributed by atoms with Crippen molar-refractivity contribution < 1.29 is 0 Å². The Balaban J connectivity index is 1.99. The van der Waals surface area contributed by atoms with Crippen LogP contribution in [0.1, 0.15) is 5.69 Å². The van der Waals surface area contributed by atoms with Crippen LogP contribution in [0.5, 0.6) is 0 Å². The van der Waals surface area contributed by atoms with E-state index in [0.717, 1.165) is 38.4 Å². The maximum absolute atomic E-state index is 5.77. The predicted octanol–water partition coefficient (Wildman–Crippen LogP) is -0.536. The lowest BCUT2D eigenvalue weighted by molar-refractivity contribution is 0.231. The summed E-state index contributed by atoms with van der Waals surface area (Å²) < 4.78 is 0. The number of nitrogens with one attached hydrogen (secondary N) is 1. The summed E-state index contributed by atoms with van der Waals surface area (Å²) in [6, 6.07) is 0. The smallest absolute Gasteiger partial charge is 0.115 e. The summed E-state index contributed by atoms with van der Waals surface area (Å²) in [4.78, 5) is 10.4. The minimum Gasteiger partial charge on any atom is -0.396 e. The molecule has 0 aromatic carbocycles. The Morgan fingerprint density at radius 1 is 1.43 bits per heavy atom. The van der Waals surface area contributed by atoms with E-state index in [2.05, 4.69) is 20.2 Å². The van der Waals surface area contributed by atoms with Crippen molar-refractivity contribution >= 4 is 5.69 Å². The second-order valence-corrected chi connectivity index (χ2v) is 3.45. The molecule has 1 aliphatic rings. The van der Waals surface area contributed by atoms with Crippen LogP contribution in [0.2, 0.25) is 0 Å². The summed E-state index contributed by atoms with van der Waals surface area (Å²) in [6.07, 6.45) is 3.21. The van der Waals surface area contributed by atoms with Crippen molar-refractivity contribution in [1.82, 2.24) is 20.2 Å². The highest BCUT2D eigenvalue weighted by molar-refractivity contribution is 5.39. The molecule has 3 N–H and O–H groups in total. The van der Waals surface area contributed by atoms with Crippen LogP contribution in [0.15, 0.2) is 12.5 Å². The Labute approximate surface area is 83.3 Å². The van der Waals surface area contributed by atoms with Crippen molar-refractivity contribution in [3.63, 3.8) is 0 Å². The quantitative estimate of drug-likeness (QED) is 0.660. The lowest BCUT2D eigenvalue weighted by atomic mass is 10.3. The summed E-state index contributed by atoms with van der Waals surface area (Å²) in [5.41, 5.74) is 7.39. The lowest BCUT2D eigenvalue weighted by Crippen LogP contribution is -2.43. The number of nitrogens with zero attached hydrogens (tertiary/aromatic N) is 3. The molecule has 5 nitrogen and oxygen atoms in total. The van der Waals surface area contributed by atoms with Crippen molar-refractivity contribution in [1.29, 1.82) is 0 Å². The topological polar surface area (TPSA) is 67.1 Å². The van der Waals surface area contributed by atoms with Gasteiger partial charge in [0.05, 0.1) is 17.6 Å². The van der Waals surface area contributed by atoms with Crippen LogP contribution < -0.4 is 11.1 Å². The van der Waals surface area contributed by atoms with E-state index in [1.807, 2.05) is 0 Å². The van der Waals surface area contributed by atoms with Gasteiger partial charge in [-0.05, 0) is 0 Å². The molecule has 0 radical (unpaired) electrons. The van der Waals surface area contributed by atoms with E-state index in [1.165, 1.54) is 0 Å². The molecule has 76 valence electrons. The molecule has 0 atom stereocenters. The first-order valence-electron chi connectivity index (χ1n) is 4.83. The summed E-state index contributed by atoms with van der Waals surface area (Å²) >= 11 is 0. The maximum atomic E-state index is 5.77. The van der Waals surface area contributed by atoms with Gasteiger partial charge in [0, 0.05) is 32.7 Å². The molecular formula is C9H15N5. The number of aromatic nitrogens is 2. The second-order valence-electron chi connectivity index (χ2n) is 3.45. The fraction of sp³-hybridized carbons (Fsp3) is 0.556. The van der Waals surface area contributed by atoms with Gasteiger partial charge in [0.1, 0.15) is 6.33 Å². The first-order valence-corrected chi connectivity index (χ1v) is 4.83. The monoisotopic (exact) mass is 193 g/mol. The highest BCUT2D eigenvalue weighted by atomic mass is 15.2. The minimum atomic E-state index is 0.686. The maximum Gasteiger partial charge on any atom is 0.115 e. The largest absolute Gasteiger partial charge is 0.396 e. The van der Waals surface area contributed by atoms with Crippen LogP contribution in [0, 0.1) is 0 Å². The van der Waals surface area contributed by atoms with Crippen molar-refractivity contribution in [2.24, 2.45) is 0 Å². The Morgan fingerprint density at radius 3 is 2.93 bits per heavy atom. The lowest BCUT2D eigenvalue weighted by Gasteiger charge is -2.26. The van der Waals surface area contributed by atoms with Crippen molar-refractivity contribution in [2.45, 2.75) is 6.54 Å². The third kappa shape index (κ3) is 2.18. The van der Waals surface area contributed by atoms with Gasteiger partial charge in [0.15, 0.2) is 0 Å². The molecule has 0 aliphatic carbocycles. The van der Waals surface area contributed by atoms with Crippen molar-refractivity contribution in [2.75, 3.05) is 31.9 Å². The SMILES string of the molecule is Nc1cncnc1CN1CCNCC1. The standard InChI is InChI=1S/C9H15N5/c10-8-5-12-7-13-9(8)6-14-3-1-11-2-4-14/h5,7,11H,1-4,6,10H2. The van der Waals surface area contributed by atoms with Gasteiger partial charge in [-0.2, -0.15) is 0 Å². The summed E-state index contributed by atoms with van der Waals surface area (Å²) in [6.45, 7) is 5.04. The third-order valence-corrected chi connectivity index (χ3v) is 2.41. The molecule has 0 amide bonds. The average Bonchev–Trinajstić information content (AvgIpc) is 2.23. The van der Waals surface area contributed by atoms with E-state index in [-0.39, 0.29) is 0 Å². The van der Waals surface area contributed by atoms with Gasteiger partial charge in [0.25, 0.3) is 0 Å². The van der Waals surface area contributed by atoms with Gasteiger partial charge >= 0.3 is 0 Å². The number of rotatable bonds is 2. The summed E-state index contributed by atoms with van der Waals surface area (Å²) in [7, 11) is 0. The first-order chi connectivity index (χ1) is 6.86. The van der Waals surface area contributed by atoms with Gasteiger partial charge < -0.3 is 11.1 Å². The third-order valence-electron chi connectivity index (χ3n) is 2.41. The number of nitrogen functional groups attached to an aromatic ring is 1. The molecule has 1 aliphatic heterocycles. The Hall–Kier alpha value is -1.20. The van der Waals surface area contributed by atoms with E-state index in [0.29, 0.717) is 5.69 Å². The van der Waals surface area contributed by atoms with E-state index in [1.54, 1.807) is 12.5 Å². The van der Waals surface area contributed by atoms with E-state index in [9.17, 15) is 0 Å². The minimum absolute atomic E-state index is 0.686. The zero-order valence-corrected chi connectivity index (χ0v) is 8.11. The molecule has 1 fully saturated rings. The van der Waals surface area contributed by atoms with Crippen LogP contribution in [0.25, 0.3) is 0 Å². The summed E-state index contributed by atoms with van der Waals surface area (Å²) in [5, 5.41) is 3.31. The fourth-order valence-corrected chi connectivity index (χ4v) is 1.58. The molecule has 1 saturated heterocycles. The van der Waals surface area contributed by atoms with Gasteiger partial charge in [-0.15, -0.1) is 0 Å². The van der Waals surface area contributed by atoms with Crippen LogP contribution >= 0.6 is 0 Å². The van der Waals surface area contributed by atoms with Crippen molar-refractivity contribution in [3.05, 3.63) is 18.2 Å². The van der Waals surface area contributed by atoms with Crippen LogP contribution in [-0.2, 0) is 6.54 Å². The predicted molar refractivity (Wildman–Crippen MR) is 54.6 cm³/mol. The normalized spacial score (nSPS) is 18.3. The van der Waals surface area contributed by atoms with Crippen molar-refractivity contribution in [3.8, 4) is 0 Å². The Bertz CT molecular complexity index is 295. The second kappa shape index (κ2) is 4.34. The molecule has 0 unspecified atom stereocenters. The zero-order valence-electron chi connectivity index (χ0n) is 8.11. The highest BCUT2D eigenvalue weighted by Gasteiger charge is 2.11. The zero-order chi connectivity index (χ0) is 9.80. The van der Waals surface area contributed by atoms with E-state index in [4.69, 9.17) is 5.73 Å². The van der Waals surface area contributed by atoms with Gasteiger partial charge in [-0.3, -0.25) is 4.90 Å². The molecule has 0 spiro atoms. The molecule has 0 saturated carbocycles. The fourth-order valence-electron chi connectivity index (χ4n) is 1.58. The van der Waals surface area contributed by atoms with Gasteiger partial charge in [0.2, 0.25) is 0 Å². The number of anilines is 1. The molecule has 5 heteroatoms. The van der Waals surface area contributed by atoms with E-state index >= 15 is 0 Å². The molecular weight excluding hydrogens is 178 g/mol. The first kappa shape index (κ1) is 9.36. The number of hydrogen-bond acceptors (Lipinski definition) is 5. The Morgan fingerprint density at radius 2 is 2.21 bits per heavy atom. The van der Waals surface area contributed by atoms with Crippen LogP contribution in [-0.4, -0.2) is 41.0 Å². The van der Waals surface area contributed by atoms with Gasteiger partial charge in [-0.25, -0.2) is 9.97 Å². The summed E-state index contributed by atoms with van der Waals surface area (Å²) in [5.74, 6) is 0. The van der Waals surface area contributed by atoms with E-state index < -0.39 is 0 Å². The molecule has 2 heterocycles. The van der Waals surface area contributed by atoms with Crippen LogP contribution in [0.3, 0.4) is 0 Å².